The van der Waals surface area contributed by atoms with Crippen LogP contribution in [0.4, 0.5) is 0 Å². The molecule has 0 radical (unpaired) electrons. The maximum atomic E-state index is 12.4. The quantitative estimate of drug-likeness (QED) is 0.511. The van der Waals surface area contributed by atoms with Crippen LogP contribution in [0, 0.1) is 5.92 Å². The predicted molar refractivity (Wildman–Crippen MR) is 92.0 cm³/mol. The third-order valence-corrected chi connectivity index (χ3v) is 4.85. The minimum atomic E-state index is -1.41. The molecule has 1 aromatic heterocycles. The topological polar surface area (TPSA) is 123 Å². The van der Waals surface area contributed by atoms with Crippen molar-refractivity contribution in [1.29, 1.82) is 0 Å². The van der Waals surface area contributed by atoms with Crippen LogP contribution in [0.5, 0.6) is 0 Å². The third kappa shape index (κ3) is 4.19. The first-order valence-electron chi connectivity index (χ1n) is 6.97. The van der Waals surface area contributed by atoms with Crippen molar-refractivity contribution in [3.8, 4) is 10.4 Å². The summed E-state index contributed by atoms with van der Waals surface area (Å²) in [6.45, 7) is 0. The monoisotopic (exact) mass is 366 g/mol. The highest BCUT2D eigenvalue weighted by Gasteiger charge is 2.31. The fourth-order valence-electron chi connectivity index (χ4n) is 2.10. The molecule has 1 heterocycles. The molecule has 1 aromatic carbocycles. The highest BCUT2D eigenvalue weighted by molar-refractivity contribution is 7.17. The minimum Gasteiger partial charge on any atom is -0.481 e. The van der Waals surface area contributed by atoms with Gasteiger partial charge in [-0.1, -0.05) is 23.7 Å². The van der Waals surface area contributed by atoms with Gasteiger partial charge in [-0.25, -0.2) is 0 Å². The number of thiophene rings is 1. The van der Waals surface area contributed by atoms with Crippen molar-refractivity contribution in [1.82, 2.24) is 0 Å². The van der Waals surface area contributed by atoms with Gasteiger partial charge in [-0.2, -0.15) is 0 Å². The van der Waals surface area contributed by atoms with Crippen LogP contribution < -0.4 is 11.5 Å². The molecule has 0 aliphatic carbocycles. The molecule has 0 spiro atoms. The average molecular weight is 367 g/mol. The zero-order chi connectivity index (χ0) is 17.9. The minimum absolute atomic E-state index is 0.282. The van der Waals surface area contributed by atoms with Gasteiger partial charge in [-0.3, -0.25) is 14.4 Å². The van der Waals surface area contributed by atoms with Gasteiger partial charge in [-0.15, -0.1) is 11.3 Å². The number of benzene rings is 1. The zero-order valence-corrected chi connectivity index (χ0v) is 14.0. The second-order valence-corrected chi connectivity index (χ2v) is 6.69. The number of primary amides is 1. The first-order chi connectivity index (χ1) is 11.3. The smallest absolute Gasteiger partial charge is 0.314 e. The Morgan fingerprint density at radius 2 is 1.75 bits per heavy atom. The van der Waals surface area contributed by atoms with Crippen molar-refractivity contribution < 1.29 is 19.5 Å². The van der Waals surface area contributed by atoms with Crippen LogP contribution in [0.2, 0.25) is 5.02 Å². The number of rotatable bonds is 7. The first kappa shape index (κ1) is 18.1. The lowest BCUT2D eigenvalue weighted by Crippen LogP contribution is -2.41. The Hall–Kier alpha value is -2.22. The first-order valence-corrected chi connectivity index (χ1v) is 8.16. The molecule has 1 unspecified atom stereocenters. The van der Waals surface area contributed by atoms with Crippen molar-refractivity contribution in [3.05, 3.63) is 46.3 Å². The number of carbonyl (C=O) groups excluding carboxylic acids is 2. The van der Waals surface area contributed by atoms with Crippen LogP contribution in [0.15, 0.2) is 36.4 Å². The molecule has 6 nitrogen and oxygen atoms in total. The van der Waals surface area contributed by atoms with Gasteiger partial charge in [0.15, 0.2) is 5.78 Å². The Labute approximate surface area is 147 Å². The van der Waals surface area contributed by atoms with Crippen molar-refractivity contribution in [2.24, 2.45) is 17.4 Å². The maximum absolute atomic E-state index is 12.4. The number of carboxylic acids is 1. The molecule has 126 valence electrons. The number of hydrogen-bond acceptors (Lipinski definition) is 5. The Morgan fingerprint density at radius 3 is 2.29 bits per heavy atom. The standard InChI is InChI=1S/C16H15ClN2O4S/c17-9-3-1-8(2-4-9)12-5-6-13(24-12)14(20)10(16(22)23)7-11(18)15(19)21/h1-6,10-11H,7,18H2,(H2,19,21)(H,22,23)/t10?,11-/m0/s1. The number of carbonyl (C=O) groups is 3. The van der Waals surface area contributed by atoms with E-state index in [0.29, 0.717) is 5.02 Å². The van der Waals surface area contributed by atoms with E-state index in [1.165, 1.54) is 11.3 Å². The summed E-state index contributed by atoms with van der Waals surface area (Å²) in [5.41, 5.74) is 11.4. The molecule has 5 N–H and O–H groups in total. The number of Topliss-reactive ketones (excluding diaryl/α,β-unsaturated/α-hetero) is 1. The molecular formula is C16H15ClN2O4S. The summed E-state index contributed by atoms with van der Waals surface area (Å²) in [5, 5.41) is 9.85. The normalized spacial score (nSPS) is 13.2. The Bertz CT molecular complexity index is 773. The molecule has 2 atom stereocenters. The van der Waals surface area contributed by atoms with Gasteiger partial charge in [-0.05, 0) is 36.2 Å². The van der Waals surface area contributed by atoms with Gasteiger partial charge < -0.3 is 16.6 Å². The van der Waals surface area contributed by atoms with Gasteiger partial charge >= 0.3 is 5.97 Å². The van der Waals surface area contributed by atoms with Gasteiger partial charge in [0.05, 0.1) is 10.9 Å². The SMILES string of the molecule is NC(=O)[C@@H](N)CC(C(=O)O)C(=O)c1ccc(-c2ccc(Cl)cc2)s1. The number of carboxylic acid groups (broad SMARTS) is 1. The number of hydrogen-bond donors (Lipinski definition) is 3. The summed E-state index contributed by atoms with van der Waals surface area (Å²) < 4.78 is 0. The molecule has 8 heteroatoms. The highest BCUT2D eigenvalue weighted by Crippen LogP contribution is 2.31. The lowest BCUT2D eigenvalue weighted by atomic mass is 9.94. The number of ketones is 1. The third-order valence-electron chi connectivity index (χ3n) is 3.45. The van der Waals surface area contributed by atoms with E-state index >= 15 is 0 Å². The highest BCUT2D eigenvalue weighted by atomic mass is 35.5. The van der Waals surface area contributed by atoms with Gasteiger partial charge in [0.2, 0.25) is 5.91 Å². The van der Waals surface area contributed by atoms with Crippen LogP contribution in [0.25, 0.3) is 10.4 Å². The van der Waals surface area contributed by atoms with E-state index in [-0.39, 0.29) is 11.3 Å². The van der Waals surface area contributed by atoms with Crippen LogP contribution in [0.3, 0.4) is 0 Å². The molecule has 0 bridgehead atoms. The molecule has 0 aliphatic heterocycles. The Balaban J connectivity index is 2.23. The molecule has 0 aliphatic rings. The number of amides is 1. The van der Waals surface area contributed by atoms with E-state index in [1.807, 2.05) is 0 Å². The molecule has 1 amide bonds. The van der Waals surface area contributed by atoms with Crippen LogP contribution >= 0.6 is 22.9 Å². The second-order valence-electron chi connectivity index (χ2n) is 5.17. The summed E-state index contributed by atoms with van der Waals surface area (Å²) in [4.78, 5) is 35.9. The van der Waals surface area contributed by atoms with E-state index in [2.05, 4.69) is 0 Å². The summed E-state index contributed by atoms with van der Waals surface area (Å²) in [5.74, 6) is -4.19. The summed E-state index contributed by atoms with van der Waals surface area (Å²) in [7, 11) is 0. The van der Waals surface area contributed by atoms with Crippen LogP contribution in [-0.4, -0.2) is 28.8 Å². The molecule has 2 aromatic rings. The van der Waals surface area contributed by atoms with E-state index in [4.69, 9.17) is 23.1 Å². The largest absolute Gasteiger partial charge is 0.481 e. The molecule has 2 rings (SSSR count). The predicted octanol–water partition coefficient (Wildman–Crippen LogP) is 2.15. The summed E-state index contributed by atoms with van der Waals surface area (Å²) in [6.07, 6.45) is -0.336. The lowest BCUT2D eigenvalue weighted by molar-refractivity contribution is -0.140. The van der Waals surface area contributed by atoms with Crippen molar-refractivity contribution in [3.63, 3.8) is 0 Å². The lowest BCUT2D eigenvalue weighted by Gasteiger charge is -2.13. The fourth-order valence-corrected chi connectivity index (χ4v) is 3.23. The van der Waals surface area contributed by atoms with E-state index in [0.717, 1.165) is 10.4 Å². The van der Waals surface area contributed by atoms with Crippen LogP contribution in [0.1, 0.15) is 16.1 Å². The second kappa shape index (κ2) is 7.57. The number of halogens is 1. The summed E-state index contributed by atoms with van der Waals surface area (Å²) in [6, 6.07) is 9.16. The van der Waals surface area contributed by atoms with Gasteiger partial charge in [0.25, 0.3) is 0 Å². The van der Waals surface area contributed by atoms with Crippen molar-refractivity contribution in [2.45, 2.75) is 12.5 Å². The van der Waals surface area contributed by atoms with Crippen molar-refractivity contribution >= 4 is 40.6 Å². The molecule has 24 heavy (non-hydrogen) atoms. The van der Waals surface area contributed by atoms with E-state index < -0.39 is 29.6 Å². The van der Waals surface area contributed by atoms with E-state index in [1.54, 1.807) is 36.4 Å². The number of nitrogens with two attached hydrogens (primary N) is 2. The van der Waals surface area contributed by atoms with E-state index in [9.17, 15) is 19.5 Å². The Morgan fingerprint density at radius 1 is 1.12 bits per heavy atom. The van der Waals surface area contributed by atoms with Crippen LogP contribution in [-0.2, 0) is 9.59 Å². The molecule has 0 saturated heterocycles. The summed E-state index contributed by atoms with van der Waals surface area (Å²) >= 11 is 7.01. The van der Waals surface area contributed by atoms with Gasteiger partial charge in [0, 0.05) is 9.90 Å². The molecular weight excluding hydrogens is 352 g/mol. The fraction of sp³-hybridized carbons (Fsp3) is 0.188. The number of aliphatic carboxylic acids is 1. The molecule has 0 saturated carbocycles. The average Bonchev–Trinajstić information content (AvgIpc) is 3.01. The zero-order valence-electron chi connectivity index (χ0n) is 12.4. The Kier molecular flexibility index (Phi) is 5.71. The molecule has 0 fully saturated rings. The van der Waals surface area contributed by atoms with Crippen molar-refractivity contribution in [2.75, 3.05) is 0 Å². The van der Waals surface area contributed by atoms with Gasteiger partial charge in [0.1, 0.15) is 5.92 Å². The maximum Gasteiger partial charge on any atom is 0.314 e.